The number of hydrogen-bond acceptors (Lipinski definition) is 0. The van der Waals surface area contributed by atoms with Crippen LogP contribution >= 0.6 is 0 Å². The second kappa shape index (κ2) is 17.3. The minimum absolute atomic E-state index is 0. The fraction of sp³-hybridized carbons (Fsp3) is 1.00. The van der Waals surface area contributed by atoms with Crippen molar-refractivity contribution in [1.82, 2.24) is 0 Å². The van der Waals surface area contributed by atoms with Crippen LogP contribution in [0.15, 0.2) is 0 Å². The van der Waals surface area contributed by atoms with Crippen LogP contribution in [0.1, 0.15) is 0 Å². The van der Waals surface area contributed by atoms with Crippen molar-refractivity contribution in [3.8, 4) is 0 Å². The second-order valence-corrected chi connectivity index (χ2v) is 15.6. The first-order valence-electron chi connectivity index (χ1n) is 3.00. The van der Waals surface area contributed by atoms with E-state index < -0.39 is 0 Å². The number of rotatable bonds is 0. The van der Waals surface area contributed by atoms with Crippen molar-refractivity contribution >= 4 is 28.7 Å². The molecule has 4 heteroatoms. The molecule has 0 atom stereocenters. The van der Waals surface area contributed by atoms with Crippen LogP contribution in [0.3, 0.4) is 0 Å². The maximum absolute atomic E-state index is 2.33. The summed E-state index contributed by atoms with van der Waals surface area (Å²) in [5.74, 6) is 14.0. The monoisotopic (exact) mass is 308 g/mol. The Labute approximate surface area is 98.2 Å². The Bertz CT molecular complexity index is 31.2. The molecule has 0 fully saturated rings. The summed E-state index contributed by atoms with van der Waals surface area (Å²) in [6.07, 6.45) is 0. The van der Waals surface area contributed by atoms with Gasteiger partial charge in [-0.15, -0.1) is 0 Å². The minimum atomic E-state index is -0.333. The molecule has 3 radical (unpaired) electrons. The quantitative estimate of drug-likeness (QED) is 0.541. The first kappa shape index (κ1) is 22.8. The van der Waals surface area contributed by atoms with E-state index in [2.05, 4.69) is 34.5 Å². The summed E-state index contributed by atoms with van der Waals surface area (Å²) in [5.41, 5.74) is 0. The van der Waals surface area contributed by atoms with E-state index in [0.29, 0.717) is 0 Å². The van der Waals surface area contributed by atoms with Gasteiger partial charge in [-0.05, 0) is 0 Å². The van der Waals surface area contributed by atoms with Crippen molar-refractivity contribution in [3.05, 3.63) is 0 Å². The van der Waals surface area contributed by atoms with E-state index in [-0.39, 0.29) is 64.6 Å². The van der Waals surface area contributed by atoms with E-state index in [1.54, 1.807) is 0 Å². The summed E-state index contributed by atoms with van der Waals surface area (Å²) in [4.78, 5) is 0. The Balaban J connectivity index is -0.0000000300. The van der Waals surface area contributed by atoms with Gasteiger partial charge in [-0.1, -0.05) is 0 Å². The van der Waals surface area contributed by atoms with Gasteiger partial charge in [0.25, 0.3) is 0 Å². The predicted octanol–water partition coefficient (Wildman–Crippen LogP) is -0.257. The molecule has 0 aromatic carbocycles. The SMILES string of the molecule is [CH3][Ge]([CH3])[CH3].[CH3][Ge]([CH3])[CH3].[Cu].[Li+]. The van der Waals surface area contributed by atoms with Gasteiger partial charge in [0.2, 0.25) is 0 Å². The zero-order valence-electron chi connectivity index (χ0n) is 8.30. The molecule has 10 heavy (non-hydrogen) atoms. The molecule has 0 rings (SSSR count). The van der Waals surface area contributed by atoms with Crippen molar-refractivity contribution in [2.24, 2.45) is 0 Å². The molecule has 0 aromatic heterocycles. The Kier molecular flexibility index (Phi) is 39.4. The van der Waals surface area contributed by atoms with Crippen molar-refractivity contribution in [1.29, 1.82) is 0 Å². The minimum Gasteiger partial charge on any atom is 0 e. The van der Waals surface area contributed by atoms with E-state index in [9.17, 15) is 0 Å². The van der Waals surface area contributed by atoms with Crippen LogP contribution < -0.4 is 18.9 Å². The van der Waals surface area contributed by atoms with E-state index in [1.807, 2.05) is 0 Å². The zero-order chi connectivity index (χ0) is 7.15. The summed E-state index contributed by atoms with van der Waals surface area (Å²) in [6, 6.07) is 0. The van der Waals surface area contributed by atoms with Gasteiger partial charge < -0.3 is 0 Å². The first-order valence-corrected chi connectivity index (χ1v) is 15.6. The number of hydrogen-bond donors (Lipinski definition) is 0. The summed E-state index contributed by atoms with van der Waals surface area (Å²) < 4.78 is 0. The Morgan fingerprint density at radius 3 is 0.600 bits per heavy atom. The van der Waals surface area contributed by atoms with Gasteiger partial charge in [0, 0.05) is 17.1 Å². The molecule has 0 unspecified atom stereocenters. The maximum atomic E-state index is 2.33. The fourth-order valence-electron chi connectivity index (χ4n) is 0. The molecule has 0 saturated heterocycles. The third-order valence-corrected chi connectivity index (χ3v) is 0. The molecule has 0 bridgehead atoms. The van der Waals surface area contributed by atoms with Crippen LogP contribution in [0.5, 0.6) is 0 Å². The molecule has 0 heterocycles. The zero-order valence-corrected chi connectivity index (χ0v) is 13.4. The van der Waals surface area contributed by atoms with Crippen molar-refractivity contribution in [2.75, 3.05) is 0 Å². The molecular weight excluding hydrogens is 288 g/mol. The summed E-state index contributed by atoms with van der Waals surface area (Å²) >= 11 is -0.667. The van der Waals surface area contributed by atoms with Gasteiger partial charge in [-0.2, -0.15) is 0 Å². The molecule has 0 amide bonds. The van der Waals surface area contributed by atoms with Gasteiger partial charge in [0.1, 0.15) is 0 Å². The second-order valence-electron chi connectivity index (χ2n) is 3.00. The average Bonchev–Trinajstić information content (AvgIpc) is 1.25. The third-order valence-electron chi connectivity index (χ3n) is 0. The summed E-state index contributed by atoms with van der Waals surface area (Å²) in [6.45, 7) is 0. The topological polar surface area (TPSA) is 0 Å². The standard InChI is InChI=1S/2C3H9Ge.Cu.Li/c2*1-4(2)3;;/h2*1-3H3;;/q;;;+1. The molecule has 0 aliphatic carbocycles. The Morgan fingerprint density at radius 2 is 0.600 bits per heavy atom. The molecule has 0 nitrogen and oxygen atoms in total. The van der Waals surface area contributed by atoms with E-state index in [1.165, 1.54) is 0 Å². The first-order chi connectivity index (χ1) is 3.46. The van der Waals surface area contributed by atoms with Gasteiger partial charge in [0.05, 0.1) is 0 Å². The Morgan fingerprint density at radius 1 is 0.600 bits per heavy atom. The van der Waals surface area contributed by atoms with E-state index in [0.717, 1.165) is 0 Å². The molecule has 0 aromatic rings. The average molecular weight is 306 g/mol. The summed E-state index contributed by atoms with van der Waals surface area (Å²) in [5, 5.41) is 0. The van der Waals surface area contributed by atoms with Gasteiger partial charge in [0.15, 0.2) is 0 Å². The Hall–Kier alpha value is 2.20. The van der Waals surface area contributed by atoms with Crippen LogP contribution in [0, 0.1) is 0 Å². The molecule has 0 spiro atoms. The van der Waals surface area contributed by atoms with Crippen LogP contribution in [-0.4, -0.2) is 28.7 Å². The van der Waals surface area contributed by atoms with Crippen LogP contribution in [0.25, 0.3) is 0 Å². The van der Waals surface area contributed by atoms with E-state index in [4.69, 9.17) is 0 Å². The van der Waals surface area contributed by atoms with Crippen molar-refractivity contribution in [3.63, 3.8) is 0 Å². The third kappa shape index (κ3) is 178. The van der Waals surface area contributed by atoms with Crippen LogP contribution in [-0.2, 0) is 17.1 Å². The largest absolute Gasteiger partial charge is 1.00 e. The smallest absolute Gasteiger partial charge is 0 e. The van der Waals surface area contributed by atoms with Crippen LogP contribution in [0.4, 0.5) is 0 Å². The van der Waals surface area contributed by atoms with E-state index >= 15 is 0 Å². The molecule has 0 aliphatic heterocycles. The van der Waals surface area contributed by atoms with Gasteiger partial charge >= 0.3 is 82.1 Å². The molecular formula is C6H18CuGe2Li+. The van der Waals surface area contributed by atoms with Gasteiger partial charge in [-0.3, -0.25) is 0 Å². The molecule has 0 N–H and O–H groups in total. The van der Waals surface area contributed by atoms with Crippen LogP contribution in [0.2, 0.25) is 34.5 Å². The molecule has 61 valence electrons. The fourth-order valence-corrected chi connectivity index (χ4v) is 0. The molecule has 0 saturated carbocycles. The normalized spacial score (nSPS) is 7.20. The van der Waals surface area contributed by atoms with Crippen molar-refractivity contribution < 1.29 is 35.9 Å². The molecule has 0 aliphatic rings. The maximum Gasteiger partial charge on any atom is 1.00 e. The van der Waals surface area contributed by atoms with Gasteiger partial charge in [-0.25, -0.2) is 0 Å². The predicted molar refractivity (Wildman–Crippen MR) is 46.7 cm³/mol. The summed E-state index contributed by atoms with van der Waals surface area (Å²) in [7, 11) is 0. The van der Waals surface area contributed by atoms with Crippen molar-refractivity contribution in [2.45, 2.75) is 34.5 Å².